The minimum absolute atomic E-state index is 0.517. The average molecular weight is 343 g/mol. The fourth-order valence-corrected chi connectivity index (χ4v) is 2.60. The van der Waals surface area contributed by atoms with Gasteiger partial charge in [-0.1, -0.05) is 36.4 Å². The van der Waals surface area contributed by atoms with Crippen molar-refractivity contribution >= 4 is 0 Å². The monoisotopic (exact) mass is 343 g/mol. The second-order valence-corrected chi connectivity index (χ2v) is 5.32. The Morgan fingerprint density at radius 2 is 0.958 bits per heavy atom. The van der Waals surface area contributed by atoms with Gasteiger partial charge in [0.1, 0.15) is 5.41 Å². The summed E-state index contributed by atoms with van der Waals surface area (Å²) in [7, 11) is 0. The van der Waals surface area contributed by atoms with Crippen molar-refractivity contribution in [3.05, 3.63) is 70.8 Å². The highest BCUT2D eigenvalue weighted by Gasteiger charge is 2.44. The Balaban J connectivity index is 2.81. The van der Waals surface area contributed by atoms with Gasteiger partial charge in [0.2, 0.25) is 0 Å². The van der Waals surface area contributed by atoms with Crippen molar-refractivity contribution in [3.63, 3.8) is 0 Å². The Morgan fingerprint density at radius 1 is 0.667 bits per heavy atom. The predicted octanol–water partition coefficient (Wildman–Crippen LogP) is 5.55. The minimum Gasteiger partial charge on any atom is -0.197 e. The molecule has 0 bridgehead atoms. The Kier molecular flexibility index (Phi) is 4.36. The number of hydrogen-bond acceptors (Lipinski definition) is 1. The molecule has 0 aliphatic carbocycles. The Hall–Kier alpha value is -2.49. The third-order valence-electron chi connectivity index (χ3n) is 3.77. The van der Waals surface area contributed by atoms with Crippen LogP contribution < -0.4 is 0 Å². The van der Waals surface area contributed by atoms with E-state index < -0.39 is 40.0 Å². The number of rotatable bonds is 2. The fourth-order valence-electron chi connectivity index (χ4n) is 2.60. The lowest BCUT2D eigenvalue weighted by molar-refractivity contribution is -0.138. The summed E-state index contributed by atoms with van der Waals surface area (Å²) in [6.45, 7) is 1.06. The molecule has 0 heterocycles. The van der Waals surface area contributed by atoms with E-state index in [9.17, 15) is 31.6 Å². The summed E-state index contributed by atoms with van der Waals surface area (Å²) in [5.74, 6) is 0. The van der Waals surface area contributed by atoms with Crippen LogP contribution in [0.2, 0.25) is 0 Å². The van der Waals surface area contributed by atoms with E-state index in [4.69, 9.17) is 0 Å². The molecule has 0 aliphatic heterocycles. The van der Waals surface area contributed by atoms with Gasteiger partial charge in [-0.05, 0) is 30.2 Å². The molecule has 24 heavy (non-hydrogen) atoms. The molecule has 7 heteroatoms. The normalized spacial score (nSPS) is 12.8. The van der Waals surface area contributed by atoms with E-state index in [2.05, 4.69) is 0 Å². The van der Waals surface area contributed by atoms with Gasteiger partial charge in [0, 0.05) is 0 Å². The maximum atomic E-state index is 13.2. The van der Waals surface area contributed by atoms with Crippen LogP contribution in [0.1, 0.15) is 29.2 Å². The quantitative estimate of drug-likeness (QED) is 0.656. The summed E-state index contributed by atoms with van der Waals surface area (Å²) < 4.78 is 79.4. The Labute approximate surface area is 134 Å². The maximum Gasteiger partial charge on any atom is 0.416 e. The maximum absolute atomic E-state index is 13.2. The first-order valence-corrected chi connectivity index (χ1v) is 6.76. The molecular weight excluding hydrogens is 332 g/mol. The molecule has 0 atom stereocenters. The van der Waals surface area contributed by atoms with E-state index in [0.717, 1.165) is 43.3 Å². The van der Waals surface area contributed by atoms with Gasteiger partial charge in [0.15, 0.2) is 0 Å². The van der Waals surface area contributed by atoms with Crippen LogP contribution in [-0.2, 0) is 17.8 Å². The molecular formula is C17H11F6N. The van der Waals surface area contributed by atoms with E-state index in [0.29, 0.717) is 0 Å². The van der Waals surface area contributed by atoms with Crippen molar-refractivity contribution in [2.75, 3.05) is 0 Å². The average Bonchev–Trinajstić information content (AvgIpc) is 2.52. The molecule has 2 aromatic carbocycles. The van der Waals surface area contributed by atoms with E-state index in [1.165, 1.54) is 12.1 Å². The van der Waals surface area contributed by atoms with Crippen molar-refractivity contribution in [2.24, 2.45) is 0 Å². The number of alkyl halides is 6. The van der Waals surface area contributed by atoms with Crippen molar-refractivity contribution in [2.45, 2.75) is 24.7 Å². The molecule has 2 rings (SSSR count). The van der Waals surface area contributed by atoms with Gasteiger partial charge in [0.05, 0.1) is 17.2 Å². The molecule has 0 amide bonds. The van der Waals surface area contributed by atoms with E-state index in [1.54, 1.807) is 6.07 Å². The van der Waals surface area contributed by atoms with Gasteiger partial charge in [-0.3, -0.25) is 0 Å². The largest absolute Gasteiger partial charge is 0.416 e. The highest BCUT2D eigenvalue weighted by Crippen LogP contribution is 2.44. The smallest absolute Gasteiger partial charge is 0.197 e. The number of nitriles is 1. The van der Waals surface area contributed by atoms with Gasteiger partial charge >= 0.3 is 12.4 Å². The van der Waals surface area contributed by atoms with Gasteiger partial charge in [-0.15, -0.1) is 0 Å². The number of nitrogens with zero attached hydrogens (tertiary/aromatic N) is 1. The van der Waals surface area contributed by atoms with Gasteiger partial charge in [-0.2, -0.15) is 31.6 Å². The highest BCUT2D eigenvalue weighted by atomic mass is 19.4. The minimum atomic E-state index is -4.79. The van der Waals surface area contributed by atoms with Crippen LogP contribution in [0.3, 0.4) is 0 Å². The molecule has 2 aromatic rings. The molecule has 0 spiro atoms. The number of halogens is 6. The van der Waals surface area contributed by atoms with E-state index in [1.807, 2.05) is 0 Å². The lowest BCUT2D eigenvalue weighted by atomic mass is 9.73. The summed E-state index contributed by atoms with van der Waals surface area (Å²) in [5, 5.41) is 9.49. The summed E-state index contributed by atoms with van der Waals surface area (Å²) in [6, 6.07) is 9.96. The van der Waals surface area contributed by atoms with Crippen molar-refractivity contribution in [3.8, 4) is 6.07 Å². The first-order valence-electron chi connectivity index (χ1n) is 6.76. The zero-order valence-corrected chi connectivity index (χ0v) is 12.3. The number of hydrogen-bond donors (Lipinski definition) is 0. The summed E-state index contributed by atoms with van der Waals surface area (Å²) in [6.07, 6.45) is -9.58. The molecule has 0 unspecified atom stereocenters. The standard InChI is InChI=1S/C17H11F6N/c1-15(10-24,11-6-2-4-8-13(11)16(18,19)20)12-7-3-5-9-14(12)17(21,22)23/h2-9H,1H3. The third-order valence-corrected chi connectivity index (χ3v) is 3.77. The Morgan fingerprint density at radius 3 is 1.21 bits per heavy atom. The van der Waals surface area contributed by atoms with E-state index in [-0.39, 0.29) is 0 Å². The fraction of sp³-hybridized carbons (Fsp3) is 0.235. The van der Waals surface area contributed by atoms with Crippen molar-refractivity contribution < 1.29 is 26.3 Å². The molecule has 1 nitrogen and oxygen atoms in total. The topological polar surface area (TPSA) is 23.8 Å². The lowest BCUT2D eigenvalue weighted by Gasteiger charge is -2.28. The van der Waals surface area contributed by atoms with Crippen LogP contribution in [0.25, 0.3) is 0 Å². The lowest BCUT2D eigenvalue weighted by Crippen LogP contribution is -2.28. The first kappa shape index (κ1) is 17.9. The number of benzene rings is 2. The van der Waals surface area contributed by atoms with Gasteiger partial charge in [0.25, 0.3) is 0 Å². The highest BCUT2D eigenvalue weighted by molar-refractivity contribution is 5.52. The van der Waals surface area contributed by atoms with Crippen LogP contribution in [0.4, 0.5) is 26.3 Å². The molecule has 0 fully saturated rings. The molecule has 0 aromatic heterocycles. The van der Waals surface area contributed by atoms with Crippen LogP contribution in [-0.4, -0.2) is 0 Å². The summed E-state index contributed by atoms with van der Waals surface area (Å²) in [5.41, 5.74) is -5.41. The molecule has 126 valence electrons. The van der Waals surface area contributed by atoms with Crippen LogP contribution in [0.5, 0.6) is 0 Å². The molecule has 0 saturated carbocycles. The molecule has 0 N–H and O–H groups in total. The van der Waals surface area contributed by atoms with Crippen molar-refractivity contribution in [1.29, 1.82) is 5.26 Å². The van der Waals surface area contributed by atoms with Gasteiger partial charge in [-0.25, -0.2) is 0 Å². The van der Waals surface area contributed by atoms with Crippen LogP contribution in [0.15, 0.2) is 48.5 Å². The van der Waals surface area contributed by atoms with Crippen LogP contribution >= 0.6 is 0 Å². The van der Waals surface area contributed by atoms with E-state index >= 15 is 0 Å². The summed E-state index contributed by atoms with van der Waals surface area (Å²) >= 11 is 0. The zero-order valence-electron chi connectivity index (χ0n) is 12.3. The summed E-state index contributed by atoms with van der Waals surface area (Å²) in [4.78, 5) is 0. The first-order chi connectivity index (χ1) is 11.0. The Bertz CT molecular complexity index is 725. The predicted molar refractivity (Wildman–Crippen MR) is 75.0 cm³/mol. The van der Waals surface area contributed by atoms with Crippen molar-refractivity contribution in [1.82, 2.24) is 0 Å². The molecule has 0 saturated heterocycles. The van der Waals surface area contributed by atoms with Crippen LogP contribution in [0, 0.1) is 11.3 Å². The zero-order chi connectivity index (χ0) is 18.2. The third kappa shape index (κ3) is 3.09. The second kappa shape index (κ2) is 5.86. The second-order valence-electron chi connectivity index (χ2n) is 5.32. The SMILES string of the molecule is CC(C#N)(c1ccccc1C(F)(F)F)c1ccccc1C(F)(F)F. The molecule has 0 aliphatic rings. The molecule has 0 radical (unpaired) electrons. The van der Waals surface area contributed by atoms with Gasteiger partial charge < -0.3 is 0 Å².